The summed E-state index contributed by atoms with van der Waals surface area (Å²) >= 11 is 4.31. The van der Waals surface area contributed by atoms with Crippen molar-refractivity contribution in [2.75, 3.05) is 6.26 Å². The van der Waals surface area contributed by atoms with Gasteiger partial charge in [-0.1, -0.05) is 23.0 Å². The number of rotatable bonds is 4. The van der Waals surface area contributed by atoms with Crippen LogP contribution in [0.5, 0.6) is 0 Å². The Balaban J connectivity index is 2.46. The molecule has 0 unspecified atom stereocenters. The van der Waals surface area contributed by atoms with Crippen LogP contribution >= 0.6 is 35.1 Å². The number of nitrogens with two attached hydrogens (primary N) is 1. The molecule has 0 fully saturated rings. The average molecular weight is 298 g/mol. The molecule has 3 N–H and O–H groups in total. The van der Waals surface area contributed by atoms with Gasteiger partial charge in [-0.15, -0.1) is 11.8 Å². The molecular weight excluding hydrogens is 288 g/mol. The van der Waals surface area contributed by atoms with Crippen molar-refractivity contribution < 1.29 is 5.21 Å². The largest absolute Gasteiger partial charge is 0.409 e. The summed E-state index contributed by atoms with van der Waals surface area (Å²) in [5, 5.41) is 12.0. The first-order valence-corrected chi connectivity index (χ1v) is 7.67. The SMILES string of the molecule is CSc1cccc(Sc2ncns2)c1/C(N)=N/O. The molecule has 0 saturated carbocycles. The molecule has 0 atom stereocenters. The van der Waals surface area contributed by atoms with Gasteiger partial charge in [0.25, 0.3) is 0 Å². The van der Waals surface area contributed by atoms with Crippen LogP contribution in [-0.4, -0.2) is 26.7 Å². The molecule has 0 aliphatic rings. The van der Waals surface area contributed by atoms with Gasteiger partial charge in [0.2, 0.25) is 0 Å². The third kappa shape index (κ3) is 2.77. The number of nitrogens with zero attached hydrogens (tertiary/aromatic N) is 3. The van der Waals surface area contributed by atoms with Gasteiger partial charge in [-0.05, 0) is 29.9 Å². The molecule has 0 aliphatic carbocycles. The molecule has 2 aromatic rings. The summed E-state index contributed by atoms with van der Waals surface area (Å²) < 4.78 is 4.77. The van der Waals surface area contributed by atoms with Crippen molar-refractivity contribution in [1.29, 1.82) is 0 Å². The minimum Gasteiger partial charge on any atom is -0.409 e. The highest BCUT2D eigenvalue weighted by molar-refractivity contribution is 8.01. The lowest BCUT2D eigenvalue weighted by atomic mass is 10.2. The van der Waals surface area contributed by atoms with E-state index < -0.39 is 0 Å². The normalized spacial score (nSPS) is 11.7. The minimum absolute atomic E-state index is 0.104. The van der Waals surface area contributed by atoms with E-state index in [1.165, 1.54) is 29.6 Å². The summed E-state index contributed by atoms with van der Waals surface area (Å²) in [6, 6.07) is 5.78. The van der Waals surface area contributed by atoms with E-state index in [0.29, 0.717) is 0 Å². The zero-order valence-corrected chi connectivity index (χ0v) is 11.8. The summed E-state index contributed by atoms with van der Waals surface area (Å²) in [5.74, 6) is 0.104. The van der Waals surface area contributed by atoms with Crippen molar-refractivity contribution in [3.8, 4) is 0 Å². The van der Waals surface area contributed by atoms with Crippen LogP contribution in [0.15, 0.2) is 43.8 Å². The van der Waals surface area contributed by atoms with Crippen LogP contribution in [0.25, 0.3) is 0 Å². The van der Waals surface area contributed by atoms with E-state index in [1.54, 1.807) is 11.8 Å². The van der Waals surface area contributed by atoms with E-state index >= 15 is 0 Å². The van der Waals surface area contributed by atoms with Gasteiger partial charge < -0.3 is 10.9 Å². The van der Waals surface area contributed by atoms with Crippen molar-refractivity contribution in [3.63, 3.8) is 0 Å². The molecule has 2 rings (SSSR count). The predicted molar refractivity (Wildman–Crippen MR) is 74.8 cm³/mol. The topological polar surface area (TPSA) is 84.4 Å². The Morgan fingerprint density at radius 1 is 1.44 bits per heavy atom. The second-order valence-corrected chi connectivity index (χ2v) is 6.05. The van der Waals surface area contributed by atoms with E-state index in [0.717, 1.165) is 19.7 Å². The van der Waals surface area contributed by atoms with Crippen molar-refractivity contribution >= 4 is 40.9 Å². The minimum atomic E-state index is 0.104. The second-order valence-electron chi connectivity index (χ2n) is 3.13. The highest BCUT2D eigenvalue weighted by atomic mass is 32.2. The molecule has 0 amide bonds. The zero-order chi connectivity index (χ0) is 13.0. The molecule has 5 nitrogen and oxygen atoms in total. The van der Waals surface area contributed by atoms with Gasteiger partial charge in [0.05, 0.1) is 0 Å². The summed E-state index contributed by atoms with van der Waals surface area (Å²) in [7, 11) is 0. The van der Waals surface area contributed by atoms with Crippen LogP contribution in [0, 0.1) is 0 Å². The predicted octanol–water partition coefficient (Wildman–Crippen LogP) is 2.51. The third-order valence-corrected chi connectivity index (χ3v) is 4.67. The van der Waals surface area contributed by atoms with Gasteiger partial charge in [0.15, 0.2) is 10.2 Å². The zero-order valence-electron chi connectivity index (χ0n) is 9.40. The Morgan fingerprint density at radius 2 is 2.22 bits per heavy atom. The molecule has 0 radical (unpaired) electrons. The van der Waals surface area contributed by atoms with Gasteiger partial charge in [-0.3, -0.25) is 0 Å². The smallest absolute Gasteiger partial charge is 0.174 e. The number of oxime groups is 1. The van der Waals surface area contributed by atoms with Gasteiger partial charge >= 0.3 is 0 Å². The number of amidine groups is 1. The maximum absolute atomic E-state index is 8.88. The summed E-state index contributed by atoms with van der Waals surface area (Å²) in [6.45, 7) is 0. The molecule has 18 heavy (non-hydrogen) atoms. The molecule has 0 aliphatic heterocycles. The molecule has 94 valence electrons. The van der Waals surface area contributed by atoms with Crippen molar-refractivity contribution in [1.82, 2.24) is 9.36 Å². The lowest BCUT2D eigenvalue weighted by Gasteiger charge is -2.10. The lowest BCUT2D eigenvalue weighted by molar-refractivity contribution is 0.318. The van der Waals surface area contributed by atoms with Crippen LogP contribution in [0.3, 0.4) is 0 Å². The Hall–Kier alpha value is -1.25. The van der Waals surface area contributed by atoms with Crippen LogP contribution < -0.4 is 5.73 Å². The molecular formula is C10H10N4OS3. The molecule has 0 saturated heterocycles. The summed E-state index contributed by atoms with van der Waals surface area (Å²) in [6.07, 6.45) is 3.46. The molecule has 1 aromatic carbocycles. The van der Waals surface area contributed by atoms with Crippen LogP contribution in [0.2, 0.25) is 0 Å². The Morgan fingerprint density at radius 3 is 2.83 bits per heavy atom. The maximum Gasteiger partial charge on any atom is 0.174 e. The van der Waals surface area contributed by atoms with E-state index in [4.69, 9.17) is 10.9 Å². The average Bonchev–Trinajstić information content (AvgIpc) is 2.90. The van der Waals surface area contributed by atoms with Crippen LogP contribution in [0.1, 0.15) is 5.56 Å². The van der Waals surface area contributed by atoms with Crippen LogP contribution in [-0.2, 0) is 0 Å². The number of thioether (sulfide) groups is 1. The fourth-order valence-corrected chi connectivity index (χ4v) is 3.65. The quantitative estimate of drug-likeness (QED) is 0.297. The number of hydrogen-bond acceptors (Lipinski definition) is 7. The van der Waals surface area contributed by atoms with E-state index in [9.17, 15) is 0 Å². The first kappa shape index (κ1) is 13.2. The highest BCUT2D eigenvalue weighted by Gasteiger charge is 2.14. The second kappa shape index (κ2) is 6.07. The first-order valence-electron chi connectivity index (χ1n) is 4.85. The number of aromatic nitrogens is 2. The number of benzene rings is 1. The molecule has 0 bridgehead atoms. The fraction of sp³-hybridized carbons (Fsp3) is 0.100. The number of hydrogen-bond donors (Lipinski definition) is 2. The molecule has 8 heteroatoms. The monoisotopic (exact) mass is 298 g/mol. The Labute approximate surface area is 117 Å². The highest BCUT2D eigenvalue weighted by Crippen LogP contribution is 2.34. The van der Waals surface area contributed by atoms with Gasteiger partial charge in [0, 0.05) is 15.4 Å². The van der Waals surface area contributed by atoms with Gasteiger partial charge in [-0.2, -0.15) is 4.37 Å². The van der Waals surface area contributed by atoms with Gasteiger partial charge in [-0.25, -0.2) is 4.98 Å². The van der Waals surface area contributed by atoms with Crippen molar-refractivity contribution in [2.24, 2.45) is 10.9 Å². The fourth-order valence-electron chi connectivity index (χ4n) is 1.37. The Bertz CT molecular complexity index is 556. The van der Waals surface area contributed by atoms with Crippen LogP contribution in [0.4, 0.5) is 0 Å². The molecule has 0 spiro atoms. The summed E-state index contributed by atoms with van der Waals surface area (Å²) in [4.78, 5) is 5.97. The standard InChI is InChI=1S/C10H10N4OS3/c1-16-6-3-2-4-7(8(6)9(11)14-15)17-10-12-5-13-18-10/h2-5,15H,1H3,(H2,11,14). The molecule has 1 heterocycles. The summed E-state index contributed by atoms with van der Waals surface area (Å²) in [5.41, 5.74) is 6.47. The van der Waals surface area contributed by atoms with E-state index in [-0.39, 0.29) is 5.84 Å². The lowest BCUT2D eigenvalue weighted by Crippen LogP contribution is -2.15. The van der Waals surface area contributed by atoms with Crippen molar-refractivity contribution in [3.05, 3.63) is 30.1 Å². The first-order chi connectivity index (χ1) is 8.76. The van der Waals surface area contributed by atoms with E-state index in [2.05, 4.69) is 14.5 Å². The van der Waals surface area contributed by atoms with Gasteiger partial charge in [0.1, 0.15) is 6.33 Å². The van der Waals surface area contributed by atoms with E-state index in [1.807, 2.05) is 24.5 Å². The van der Waals surface area contributed by atoms with Crippen molar-refractivity contribution in [2.45, 2.75) is 14.1 Å². The third-order valence-electron chi connectivity index (χ3n) is 2.11. The maximum atomic E-state index is 8.88. The Kier molecular flexibility index (Phi) is 4.45. The molecule has 1 aromatic heterocycles.